The summed E-state index contributed by atoms with van der Waals surface area (Å²) in [5, 5.41) is 9.27. The Morgan fingerprint density at radius 1 is 1.57 bits per heavy atom. The van der Waals surface area contributed by atoms with Crippen LogP contribution in [-0.2, 0) is 4.74 Å². The predicted molar refractivity (Wildman–Crippen MR) is 49.7 cm³/mol. The SMILES string of the molecule is CC(O)c1coc(C2CCCCO2)n1. The van der Waals surface area contributed by atoms with Gasteiger partial charge in [0.1, 0.15) is 18.1 Å². The molecule has 1 N–H and O–H groups in total. The van der Waals surface area contributed by atoms with Crippen molar-refractivity contribution in [1.82, 2.24) is 4.98 Å². The van der Waals surface area contributed by atoms with Crippen molar-refractivity contribution in [2.75, 3.05) is 6.61 Å². The maximum atomic E-state index is 9.27. The molecule has 0 amide bonds. The molecular formula is C10H15NO3. The highest BCUT2D eigenvalue weighted by Crippen LogP contribution is 2.27. The number of aliphatic hydroxyl groups excluding tert-OH is 1. The van der Waals surface area contributed by atoms with E-state index in [9.17, 15) is 5.11 Å². The number of oxazole rings is 1. The molecule has 0 radical (unpaired) electrons. The second kappa shape index (κ2) is 4.11. The molecule has 1 aromatic heterocycles. The van der Waals surface area contributed by atoms with Gasteiger partial charge in [0, 0.05) is 6.61 Å². The van der Waals surface area contributed by atoms with E-state index in [1.165, 1.54) is 6.26 Å². The van der Waals surface area contributed by atoms with Crippen molar-refractivity contribution < 1.29 is 14.3 Å². The Morgan fingerprint density at radius 2 is 2.43 bits per heavy atom. The van der Waals surface area contributed by atoms with E-state index in [0.717, 1.165) is 25.9 Å². The summed E-state index contributed by atoms with van der Waals surface area (Å²) in [6.07, 6.45) is 4.13. The minimum Gasteiger partial charge on any atom is -0.446 e. The third kappa shape index (κ3) is 1.96. The number of nitrogens with zero attached hydrogens (tertiary/aromatic N) is 1. The third-order valence-electron chi connectivity index (χ3n) is 2.42. The van der Waals surface area contributed by atoms with Crippen LogP contribution in [0.2, 0.25) is 0 Å². The third-order valence-corrected chi connectivity index (χ3v) is 2.42. The van der Waals surface area contributed by atoms with Crippen molar-refractivity contribution >= 4 is 0 Å². The van der Waals surface area contributed by atoms with E-state index < -0.39 is 6.10 Å². The fourth-order valence-corrected chi connectivity index (χ4v) is 1.58. The molecule has 1 fully saturated rings. The molecule has 0 bridgehead atoms. The molecule has 0 aliphatic carbocycles. The van der Waals surface area contributed by atoms with Gasteiger partial charge in [0.2, 0.25) is 5.89 Å². The Bertz CT molecular complexity index is 289. The van der Waals surface area contributed by atoms with E-state index in [4.69, 9.17) is 9.15 Å². The van der Waals surface area contributed by atoms with Crippen LogP contribution in [0.4, 0.5) is 0 Å². The van der Waals surface area contributed by atoms with Crippen LogP contribution >= 0.6 is 0 Å². The molecule has 2 rings (SSSR count). The lowest BCUT2D eigenvalue weighted by molar-refractivity contribution is -0.00153. The van der Waals surface area contributed by atoms with Crippen molar-refractivity contribution in [1.29, 1.82) is 0 Å². The normalized spacial score (nSPS) is 24.9. The predicted octanol–water partition coefficient (Wildman–Crippen LogP) is 1.97. The van der Waals surface area contributed by atoms with Crippen LogP contribution < -0.4 is 0 Å². The number of hydrogen-bond donors (Lipinski definition) is 1. The Labute approximate surface area is 82.9 Å². The molecule has 4 heteroatoms. The molecule has 1 saturated heterocycles. The molecule has 78 valence electrons. The Balaban J connectivity index is 2.07. The zero-order valence-electron chi connectivity index (χ0n) is 8.27. The van der Waals surface area contributed by atoms with Gasteiger partial charge in [0.05, 0.1) is 6.10 Å². The van der Waals surface area contributed by atoms with Crippen molar-refractivity contribution in [2.45, 2.75) is 38.4 Å². The van der Waals surface area contributed by atoms with Gasteiger partial charge in [-0.15, -0.1) is 0 Å². The first-order valence-electron chi connectivity index (χ1n) is 5.02. The molecule has 4 nitrogen and oxygen atoms in total. The zero-order valence-corrected chi connectivity index (χ0v) is 8.27. The van der Waals surface area contributed by atoms with Crippen molar-refractivity contribution in [3.8, 4) is 0 Å². The van der Waals surface area contributed by atoms with E-state index in [0.29, 0.717) is 11.6 Å². The lowest BCUT2D eigenvalue weighted by atomic mass is 10.1. The lowest BCUT2D eigenvalue weighted by Gasteiger charge is -2.19. The first-order chi connectivity index (χ1) is 6.77. The number of aromatic nitrogens is 1. The molecule has 2 atom stereocenters. The minimum atomic E-state index is -0.573. The maximum Gasteiger partial charge on any atom is 0.223 e. The van der Waals surface area contributed by atoms with E-state index in [1.807, 2.05) is 0 Å². The van der Waals surface area contributed by atoms with Gasteiger partial charge < -0.3 is 14.3 Å². The molecule has 1 aliphatic rings. The summed E-state index contributed by atoms with van der Waals surface area (Å²) >= 11 is 0. The molecule has 0 spiro atoms. The van der Waals surface area contributed by atoms with E-state index >= 15 is 0 Å². The van der Waals surface area contributed by atoms with Gasteiger partial charge in [0.25, 0.3) is 0 Å². The first-order valence-corrected chi connectivity index (χ1v) is 5.02. The van der Waals surface area contributed by atoms with Crippen LogP contribution in [0, 0.1) is 0 Å². The Hall–Kier alpha value is -0.870. The van der Waals surface area contributed by atoms with Crippen LogP contribution in [0.1, 0.15) is 50.0 Å². The van der Waals surface area contributed by atoms with Crippen molar-refractivity contribution in [2.24, 2.45) is 0 Å². The molecule has 0 saturated carbocycles. The standard InChI is InChI=1S/C10H15NO3/c1-7(12)8-6-14-10(11-8)9-4-2-3-5-13-9/h6-7,9,12H,2-5H2,1H3. The summed E-state index contributed by atoms with van der Waals surface area (Å²) in [5.41, 5.74) is 0.578. The second-order valence-corrected chi connectivity index (χ2v) is 3.64. The van der Waals surface area contributed by atoms with Gasteiger partial charge in [-0.3, -0.25) is 0 Å². The molecule has 2 unspecified atom stereocenters. The van der Waals surface area contributed by atoms with E-state index in [-0.39, 0.29) is 6.10 Å². The van der Waals surface area contributed by atoms with Crippen LogP contribution in [0.3, 0.4) is 0 Å². The Morgan fingerprint density at radius 3 is 3.00 bits per heavy atom. The minimum absolute atomic E-state index is 0.0174. The van der Waals surface area contributed by atoms with Crippen LogP contribution in [-0.4, -0.2) is 16.7 Å². The van der Waals surface area contributed by atoms with Gasteiger partial charge in [0.15, 0.2) is 0 Å². The summed E-state index contributed by atoms with van der Waals surface area (Å²) < 4.78 is 10.8. The number of hydrogen-bond acceptors (Lipinski definition) is 4. The highest BCUT2D eigenvalue weighted by molar-refractivity contribution is 5.01. The average molecular weight is 197 g/mol. The number of ether oxygens (including phenoxy) is 1. The summed E-state index contributed by atoms with van der Waals surface area (Å²) in [5.74, 6) is 0.598. The summed E-state index contributed by atoms with van der Waals surface area (Å²) in [6.45, 7) is 2.44. The lowest BCUT2D eigenvalue weighted by Crippen LogP contribution is -2.11. The molecule has 1 aliphatic heterocycles. The average Bonchev–Trinajstić information content (AvgIpc) is 2.68. The fourth-order valence-electron chi connectivity index (χ4n) is 1.58. The van der Waals surface area contributed by atoms with E-state index in [1.54, 1.807) is 6.92 Å². The maximum absolute atomic E-state index is 9.27. The fraction of sp³-hybridized carbons (Fsp3) is 0.700. The molecule has 14 heavy (non-hydrogen) atoms. The molecule has 2 heterocycles. The van der Waals surface area contributed by atoms with E-state index in [2.05, 4.69) is 4.98 Å². The smallest absolute Gasteiger partial charge is 0.223 e. The summed E-state index contributed by atoms with van der Waals surface area (Å²) in [7, 11) is 0. The first kappa shape index (κ1) is 9.68. The van der Waals surface area contributed by atoms with Crippen LogP contribution in [0.5, 0.6) is 0 Å². The van der Waals surface area contributed by atoms with Gasteiger partial charge in [-0.05, 0) is 26.2 Å². The van der Waals surface area contributed by atoms with Crippen molar-refractivity contribution in [3.05, 3.63) is 17.8 Å². The van der Waals surface area contributed by atoms with Crippen LogP contribution in [0.15, 0.2) is 10.7 Å². The van der Waals surface area contributed by atoms with Gasteiger partial charge in [-0.1, -0.05) is 0 Å². The Kier molecular flexibility index (Phi) is 2.84. The molecular weight excluding hydrogens is 182 g/mol. The van der Waals surface area contributed by atoms with Gasteiger partial charge in [-0.2, -0.15) is 0 Å². The largest absolute Gasteiger partial charge is 0.446 e. The topological polar surface area (TPSA) is 55.5 Å². The van der Waals surface area contributed by atoms with Crippen molar-refractivity contribution in [3.63, 3.8) is 0 Å². The van der Waals surface area contributed by atoms with Gasteiger partial charge in [-0.25, -0.2) is 4.98 Å². The highest BCUT2D eigenvalue weighted by Gasteiger charge is 2.21. The van der Waals surface area contributed by atoms with Crippen LogP contribution in [0.25, 0.3) is 0 Å². The molecule has 0 aromatic carbocycles. The van der Waals surface area contributed by atoms with Gasteiger partial charge >= 0.3 is 0 Å². The zero-order chi connectivity index (χ0) is 9.97. The second-order valence-electron chi connectivity index (χ2n) is 3.64. The number of aliphatic hydroxyl groups is 1. The summed E-state index contributed by atoms with van der Waals surface area (Å²) in [6, 6.07) is 0. The monoisotopic (exact) mass is 197 g/mol. The quantitative estimate of drug-likeness (QED) is 0.787. The highest BCUT2D eigenvalue weighted by atomic mass is 16.5. The number of rotatable bonds is 2. The summed E-state index contributed by atoms with van der Waals surface area (Å²) in [4.78, 5) is 4.19. The molecule has 1 aromatic rings.